The average molecular weight is 609 g/mol. The summed E-state index contributed by atoms with van der Waals surface area (Å²) in [7, 11) is 0. The summed E-state index contributed by atoms with van der Waals surface area (Å²) in [6.45, 7) is 9.16. The van der Waals surface area contributed by atoms with Gasteiger partial charge in [-0.3, -0.25) is 0 Å². The Bertz CT molecular complexity index is 1450. The van der Waals surface area contributed by atoms with E-state index in [1.54, 1.807) is 16.8 Å². The fourth-order valence-electron chi connectivity index (χ4n) is 5.41. The van der Waals surface area contributed by atoms with Crippen LogP contribution in [0, 0.1) is 11.7 Å². The third-order valence-electron chi connectivity index (χ3n) is 7.73. The fraction of sp³-hybridized carbons (Fsp3) is 0.485. The number of hydrogen-bond donors (Lipinski definition) is 1. The van der Waals surface area contributed by atoms with E-state index in [0.717, 1.165) is 37.7 Å². The second-order valence-corrected chi connectivity index (χ2v) is 12.4. The molecule has 0 spiro atoms. The second kappa shape index (κ2) is 14.3. The van der Waals surface area contributed by atoms with Crippen molar-refractivity contribution < 1.29 is 23.4 Å². The predicted octanol–water partition coefficient (Wildman–Crippen LogP) is 7.70. The molecule has 43 heavy (non-hydrogen) atoms. The average Bonchev–Trinajstić information content (AvgIpc) is 3.39. The van der Waals surface area contributed by atoms with Crippen LogP contribution in [0.1, 0.15) is 83.4 Å². The van der Waals surface area contributed by atoms with Gasteiger partial charge in [-0.1, -0.05) is 56.3 Å². The quantitative estimate of drug-likeness (QED) is 0.165. The topological polar surface area (TPSA) is 87.5 Å². The summed E-state index contributed by atoms with van der Waals surface area (Å²) in [4.78, 5) is 18.5. The highest BCUT2D eigenvalue weighted by Gasteiger charge is 2.37. The molecule has 5 rings (SSSR count). The van der Waals surface area contributed by atoms with Crippen molar-refractivity contribution in [2.24, 2.45) is 5.92 Å². The number of allylic oxidation sites excluding steroid dienone is 1. The van der Waals surface area contributed by atoms with E-state index < -0.39 is 6.04 Å². The molecule has 0 saturated heterocycles. The Morgan fingerprint density at radius 1 is 1.12 bits per heavy atom. The predicted molar refractivity (Wildman–Crippen MR) is 166 cm³/mol. The lowest BCUT2D eigenvalue weighted by Gasteiger charge is -2.30. The number of nitrogens with zero attached hydrogens (tertiary/aromatic N) is 3. The van der Waals surface area contributed by atoms with Gasteiger partial charge >= 0.3 is 5.97 Å². The van der Waals surface area contributed by atoms with Gasteiger partial charge in [-0.25, -0.2) is 13.9 Å². The maximum absolute atomic E-state index is 14.3. The van der Waals surface area contributed by atoms with Crippen molar-refractivity contribution in [1.82, 2.24) is 14.8 Å². The molecule has 230 valence electrons. The number of ether oxygens (including phenoxy) is 3. The molecule has 2 aromatic carbocycles. The van der Waals surface area contributed by atoms with Gasteiger partial charge in [-0.05, 0) is 81.2 Å². The highest BCUT2D eigenvalue weighted by atomic mass is 32.2. The molecule has 2 heterocycles. The van der Waals surface area contributed by atoms with Crippen molar-refractivity contribution in [2.75, 3.05) is 18.5 Å². The molecular formula is C33H41FN4O4S. The number of carbonyl (C=O) groups is 1. The van der Waals surface area contributed by atoms with Crippen LogP contribution in [-0.4, -0.2) is 40.1 Å². The normalized spacial score (nSPS) is 17.0. The zero-order chi connectivity index (χ0) is 30.3. The van der Waals surface area contributed by atoms with Crippen molar-refractivity contribution in [3.8, 4) is 11.5 Å². The van der Waals surface area contributed by atoms with Gasteiger partial charge in [-0.2, -0.15) is 4.98 Å². The summed E-state index contributed by atoms with van der Waals surface area (Å²) in [5, 5.41) is 8.55. The molecule has 0 bridgehead atoms. The third-order valence-corrected chi connectivity index (χ3v) is 8.62. The van der Waals surface area contributed by atoms with E-state index in [1.165, 1.54) is 24.2 Å². The van der Waals surface area contributed by atoms with E-state index in [4.69, 9.17) is 24.3 Å². The zero-order valence-electron chi connectivity index (χ0n) is 25.4. The van der Waals surface area contributed by atoms with Crippen LogP contribution >= 0.6 is 11.8 Å². The molecular weight excluding hydrogens is 567 g/mol. The van der Waals surface area contributed by atoms with E-state index in [-0.39, 0.29) is 17.9 Å². The highest BCUT2D eigenvalue weighted by molar-refractivity contribution is 7.98. The van der Waals surface area contributed by atoms with Crippen molar-refractivity contribution >= 4 is 23.7 Å². The Morgan fingerprint density at radius 3 is 2.65 bits per heavy atom. The first-order valence-electron chi connectivity index (χ1n) is 15.2. The van der Waals surface area contributed by atoms with E-state index in [2.05, 4.69) is 19.2 Å². The van der Waals surface area contributed by atoms with E-state index in [1.807, 2.05) is 38.1 Å². The van der Waals surface area contributed by atoms with Crippen molar-refractivity contribution in [3.05, 3.63) is 70.7 Å². The van der Waals surface area contributed by atoms with E-state index >= 15 is 0 Å². The number of thioether (sulfide) groups is 1. The Kier molecular flexibility index (Phi) is 10.3. The molecule has 1 aliphatic carbocycles. The second-order valence-electron chi connectivity index (χ2n) is 11.4. The maximum Gasteiger partial charge on any atom is 0.338 e. The molecule has 3 aromatic rings. The lowest BCUT2D eigenvalue weighted by Crippen LogP contribution is -2.32. The van der Waals surface area contributed by atoms with Gasteiger partial charge in [0.25, 0.3) is 0 Å². The zero-order valence-corrected chi connectivity index (χ0v) is 26.2. The molecule has 0 amide bonds. The van der Waals surface area contributed by atoms with Gasteiger partial charge in [0.05, 0.1) is 18.8 Å². The molecule has 1 saturated carbocycles. The van der Waals surface area contributed by atoms with Crippen LogP contribution in [0.15, 0.2) is 58.9 Å². The number of fused-ring (bicyclic) bond motifs is 1. The maximum atomic E-state index is 14.3. The smallest absolute Gasteiger partial charge is 0.338 e. The Balaban J connectivity index is 1.49. The van der Waals surface area contributed by atoms with Crippen molar-refractivity contribution in [2.45, 2.75) is 89.3 Å². The van der Waals surface area contributed by atoms with Gasteiger partial charge < -0.3 is 19.5 Å². The van der Waals surface area contributed by atoms with Crippen LogP contribution in [0.4, 0.5) is 10.3 Å². The minimum Gasteiger partial charge on any atom is -0.490 e. The number of aromatic nitrogens is 3. The molecule has 1 aliphatic heterocycles. The van der Waals surface area contributed by atoms with Crippen LogP contribution in [0.5, 0.6) is 11.5 Å². The molecule has 1 aromatic heterocycles. The van der Waals surface area contributed by atoms with Gasteiger partial charge in [0.1, 0.15) is 18.0 Å². The van der Waals surface area contributed by atoms with Crippen LogP contribution < -0.4 is 14.8 Å². The molecule has 2 aliphatic rings. The van der Waals surface area contributed by atoms with Crippen LogP contribution in [0.25, 0.3) is 0 Å². The van der Waals surface area contributed by atoms with Crippen LogP contribution in [0.3, 0.4) is 0 Å². The Labute approximate surface area is 257 Å². The summed E-state index contributed by atoms with van der Waals surface area (Å²) in [6, 6.07) is 11.8. The molecule has 1 atom stereocenters. The molecule has 0 radical (unpaired) electrons. The first-order valence-corrected chi connectivity index (χ1v) is 16.2. The van der Waals surface area contributed by atoms with Crippen LogP contribution in [-0.2, 0) is 15.3 Å². The van der Waals surface area contributed by atoms with Crippen LogP contribution in [0.2, 0.25) is 0 Å². The van der Waals surface area contributed by atoms with Crippen molar-refractivity contribution in [1.29, 1.82) is 0 Å². The number of anilines is 1. The summed E-state index contributed by atoms with van der Waals surface area (Å²) >= 11 is 1.34. The first kappa shape index (κ1) is 30.9. The Morgan fingerprint density at radius 2 is 1.91 bits per heavy atom. The van der Waals surface area contributed by atoms with Gasteiger partial charge in [-0.15, -0.1) is 5.10 Å². The standard InChI is InChI=1S/C33H41FN4O4S/c1-5-40-28-19-23(15-16-27(28)41-18-17-21(2)3)30-29(31(39)42-25-12-7-6-8-13-25)22(4)35-32-36-33(37-38(30)32)43-20-24-11-9-10-14-26(24)34/h9-11,14-16,19,21,25,30H,5-8,12-13,17-18,20H2,1-4H3,(H,35,36,37). The lowest BCUT2D eigenvalue weighted by atomic mass is 9.94. The highest BCUT2D eigenvalue weighted by Crippen LogP contribution is 2.41. The number of nitrogens with one attached hydrogen (secondary N) is 1. The minimum absolute atomic E-state index is 0.0954. The fourth-order valence-corrected chi connectivity index (χ4v) is 6.22. The van der Waals surface area contributed by atoms with Gasteiger partial charge in [0.2, 0.25) is 11.1 Å². The molecule has 1 fully saturated rings. The third kappa shape index (κ3) is 7.52. The minimum atomic E-state index is -0.605. The number of rotatable bonds is 12. The summed E-state index contributed by atoms with van der Waals surface area (Å²) in [5.74, 6) is 2.04. The summed E-state index contributed by atoms with van der Waals surface area (Å²) in [6.07, 6.45) is 5.86. The van der Waals surface area contributed by atoms with E-state index in [0.29, 0.717) is 64.3 Å². The first-order chi connectivity index (χ1) is 20.8. The monoisotopic (exact) mass is 608 g/mol. The number of hydrogen-bond acceptors (Lipinski definition) is 8. The number of halogens is 1. The lowest BCUT2D eigenvalue weighted by molar-refractivity contribution is -0.146. The molecule has 1 N–H and O–H groups in total. The van der Waals surface area contributed by atoms with E-state index in [9.17, 15) is 9.18 Å². The molecule has 10 heteroatoms. The molecule has 1 unspecified atom stereocenters. The largest absolute Gasteiger partial charge is 0.490 e. The number of esters is 1. The summed E-state index contributed by atoms with van der Waals surface area (Å²) in [5.41, 5.74) is 2.51. The number of carbonyl (C=O) groups excluding carboxylic acids is 1. The number of benzene rings is 2. The Hall–Kier alpha value is -3.53. The molecule has 8 nitrogen and oxygen atoms in total. The van der Waals surface area contributed by atoms with Gasteiger partial charge in [0, 0.05) is 11.4 Å². The van der Waals surface area contributed by atoms with Crippen molar-refractivity contribution in [3.63, 3.8) is 0 Å². The van der Waals surface area contributed by atoms with Gasteiger partial charge in [0.15, 0.2) is 11.5 Å². The summed E-state index contributed by atoms with van der Waals surface area (Å²) < 4.78 is 34.2. The SMILES string of the molecule is CCOc1cc(C2C(C(=O)OC3CCCCC3)=C(C)Nc3nc(SCc4ccccc4F)nn32)ccc1OCCC(C)C.